The number of benzene rings is 1. The highest BCUT2D eigenvalue weighted by molar-refractivity contribution is 8.23. The zero-order chi connectivity index (χ0) is 25.5. The maximum absolute atomic E-state index is 13.3. The fourth-order valence-corrected chi connectivity index (χ4v) is 9.45. The highest BCUT2D eigenvalue weighted by Crippen LogP contribution is 2.56. The molecule has 0 saturated carbocycles. The molecule has 4 rings (SSSR count). The van der Waals surface area contributed by atoms with Gasteiger partial charge in [-0.25, -0.2) is 4.79 Å². The topological polar surface area (TPSA) is 70.1 Å². The number of hydrogen-bond donors (Lipinski definition) is 1. The van der Waals surface area contributed by atoms with E-state index < -0.39 is 14.3 Å². The Morgan fingerprint density at radius 2 is 1.97 bits per heavy atom. The van der Waals surface area contributed by atoms with Gasteiger partial charge in [0.25, 0.3) is 0 Å². The fraction of sp³-hybridized carbons (Fsp3) is 0.615. The van der Waals surface area contributed by atoms with Crippen LogP contribution in [0.1, 0.15) is 46.1 Å². The number of fused-ring (bicyclic) bond motifs is 1. The van der Waals surface area contributed by atoms with Crippen LogP contribution >= 0.6 is 23.5 Å². The lowest BCUT2D eigenvalue weighted by Gasteiger charge is -2.48. The summed E-state index contributed by atoms with van der Waals surface area (Å²) in [7, 11) is -2.05. The van der Waals surface area contributed by atoms with Crippen LogP contribution in [0.4, 0.5) is 0 Å². The summed E-state index contributed by atoms with van der Waals surface area (Å²) in [6, 6.07) is 10.4. The number of likely N-dealkylation sites (tertiary alicyclic amines) is 1. The van der Waals surface area contributed by atoms with Crippen LogP contribution in [0.2, 0.25) is 18.1 Å². The van der Waals surface area contributed by atoms with Crippen molar-refractivity contribution in [1.82, 2.24) is 9.80 Å². The second kappa shape index (κ2) is 10.2. The van der Waals surface area contributed by atoms with Gasteiger partial charge >= 0.3 is 5.97 Å². The predicted octanol–water partition coefficient (Wildman–Crippen LogP) is 5.58. The van der Waals surface area contributed by atoms with E-state index in [1.165, 1.54) is 10.5 Å². The van der Waals surface area contributed by atoms with Gasteiger partial charge in [0.1, 0.15) is 5.37 Å². The summed E-state index contributed by atoms with van der Waals surface area (Å²) in [6.07, 6.45) is 1.59. The Kier molecular flexibility index (Phi) is 7.84. The first-order valence-corrected chi connectivity index (χ1v) is 17.2. The van der Waals surface area contributed by atoms with Crippen molar-refractivity contribution >= 4 is 43.7 Å². The van der Waals surface area contributed by atoms with Gasteiger partial charge in [0, 0.05) is 18.3 Å². The molecule has 35 heavy (non-hydrogen) atoms. The maximum atomic E-state index is 13.3. The second-order valence-corrected chi connectivity index (χ2v) is 18.7. The molecule has 3 aliphatic heterocycles. The quantitative estimate of drug-likeness (QED) is 0.328. The van der Waals surface area contributed by atoms with Crippen LogP contribution in [0.3, 0.4) is 0 Å². The molecular weight excluding hydrogens is 497 g/mol. The fourth-order valence-electron chi connectivity index (χ4n) is 4.73. The van der Waals surface area contributed by atoms with Crippen molar-refractivity contribution in [1.29, 1.82) is 0 Å². The van der Waals surface area contributed by atoms with Crippen LogP contribution in [0, 0.1) is 5.92 Å². The van der Waals surface area contributed by atoms with Crippen molar-refractivity contribution in [3.63, 3.8) is 0 Å². The monoisotopic (exact) mass is 534 g/mol. The first kappa shape index (κ1) is 26.8. The molecule has 0 bridgehead atoms. The number of hydrogen-bond acceptors (Lipinski definition) is 6. The average Bonchev–Trinajstić information content (AvgIpc) is 3.35. The number of β-lactam (4-membered cyclic amide) rings is 1. The van der Waals surface area contributed by atoms with E-state index in [0.29, 0.717) is 5.25 Å². The molecule has 0 aromatic heterocycles. The van der Waals surface area contributed by atoms with Crippen molar-refractivity contribution in [2.24, 2.45) is 5.92 Å². The van der Waals surface area contributed by atoms with Crippen LogP contribution in [0.15, 0.2) is 40.3 Å². The summed E-state index contributed by atoms with van der Waals surface area (Å²) < 4.78 is 7.45. The largest absolute Gasteiger partial charge is 0.477 e. The van der Waals surface area contributed by atoms with E-state index in [-0.39, 0.29) is 34.0 Å². The van der Waals surface area contributed by atoms with E-state index >= 15 is 0 Å². The minimum absolute atomic E-state index is 0.0509. The molecule has 9 heteroatoms. The van der Waals surface area contributed by atoms with Crippen molar-refractivity contribution in [2.75, 3.05) is 13.1 Å². The Morgan fingerprint density at radius 3 is 2.57 bits per heavy atom. The molecule has 1 N–H and O–H groups in total. The van der Waals surface area contributed by atoms with E-state index in [4.69, 9.17) is 4.43 Å². The van der Waals surface area contributed by atoms with Gasteiger partial charge in [-0.15, -0.1) is 11.8 Å². The number of carbonyl (C=O) groups is 2. The van der Waals surface area contributed by atoms with Crippen molar-refractivity contribution in [2.45, 2.75) is 81.9 Å². The standard InChI is InChI=1S/C26H38N2O4S2Si/c1-7-19(32-35(5,6)26(2,3)4)20-22(29)28-21(24(30)31)25(34-23(20)28)33-18-13-14-27(16-18)15-17-11-9-8-10-12-17/h8-12,18-20,23H,7,13-16H2,1-6H3,(H,30,31)/t18?,19-,20+,23+/m0/s1. The number of thioether (sulfide) groups is 2. The summed E-state index contributed by atoms with van der Waals surface area (Å²) in [5.41, 5.74) is 1.47. The molecule has 2 saturated heterocycles. The van der Waals surface area contributed by atoms with E-state index in [0.717, 1.165) is 36.7 Å². The third kappa shape index (κ3) is 5.39. The number of carboxylic acids is 1. The second-order valence-electron chi connectivity index (χ2n) is 11.3. The van der Waals surface area contributed by atoms with E-state index in [1.54, 1.807) is 23.5 Å². The highest BCUT2D eigenvalue weighted by Gasteiger charge is 2.59. The molecule has 1 aromatic carbocycles. The SMILES string of the molecule is CC[C@H](O[Si](C)(C)C(C)(C)C)[C@@H]1C(=O)N2C(C(=O)O)=C(SC3CCN(Cc4ccccc4)C3)S[C@H]12. The van der Waals surface area contributed by atoms with Gasteiger partial charge in [-0.05, 0) is 43.1 Å². The molecule has 1 amide bonds. The van der Waals surface area contributed by atoms with Gasteiger partial charge in [0.2, 0.25) is 5.91 Å². The number of rotatable bonds is 9. The van der Waals surface area contributed by atoms with Crippen molar-refractivity contribution in [3.8, 4) is 0 Å². The van der Waals surface area contributed by atoms with Crippen LogP contribution in [-0.4, -0.2) is 64.9 Å². The highest BCUT2D eigenvalue weighted by atomic mass is 32.2. The Balaban J connectivity index is 1.43. The smallest absolute Gasteiger partial charge is 0.354 e. The van der Waals surface area contributed by atoms with Crippen LogP contribution in [0.25, 0.3) is 0 Å². The minimum Gasteiger partial charge on any atom is -0.477 e. The lowest BCUT2D eigenvalue weighted by Crippen LogP contribution is -2.63. The lowest BCUT2D eigenvalue weighted by atomic mass is 9.90. The van der Waals surface area contributed by atoms with Gasteiger partial charge in [0.05, 0.1) is 16.3 Å². The lowest BCUT2D eigenvalue weighted by molar-refractivity contribution is -0.156. The Labute approximate surface area is 219 Å². The summed E-state index contributed by atoms with van der Waals surface area (Å²) >= 11 is 3.21. The van der Waals surface area contributed by atoms with Crippen LogP contribution in [0.5, 0.6) is 0 Å². The summed E-state index contributed by atoms with van der Waals surface area (Å²) in [5.74, 6) is -1.39. The van der Waals surface area contributed by atoms with Crippen molar-refractivity contribution < 1.29 is 19.1 Å². The normalized spacial score (nSPS) is 26.2. The third-order valence-electron chi connectivity index (χ3n) is 7.76. The number of aliphatic carboxylic acids is 1. The van der Waals surface area contributed by atoms with Gasteiger partial charge in [0.15, 0.2) is 14.0 Å². The Hall–Kier alpha value is -1.26. The molecular formula is C26H38N2O4S2Si. The molecule has 4 atom stereocenters. The molecule has 192 valence electrons. The zero-order valence-electron chi connectivity index (χ0n) is 21.6. The van der Waals surface area contributed by atoms with E-state index in [1.807, 2.05) is 6.07 Å². The summed E-state index contributed by atoms with van der Waals surface area (Å²) in [5, 5.41) is 10.2. The van der Waals surface area contributed by atoms with Gasteiger partial charge < -0.3 is 9.53 Å². The van der Waals surface area contributed by atoms with Gasteiger partial charge in [-0.2, -0.15) is 0 Å². The minimum atomic E-state index is -2.05. The molecule has 0 radical (unpaired) electrons. The van der Waals surface area contributed by atoms with Gasteiger partial charge in [-0.1, -0.05) is 69.8 Å². The Bertz CT molecular complexity index is 995. The molecule has 3 aliphatic rings. The first-order chi connectivity index (χ1) is 16.4. The third-order valence-corrected chi connectivity index (χ3v) is 15.1. The molecule has 1 unspecified atom stereocenters. The van der Waals surface area contributed by atoms with Gasteiger partial charge in [-0.3, -0.25) is 14.6 Å². The zero-order valence-corrected chi connectivity index (χ0v) is 24.2. The number of amides is 1. The average molecular weight is 535 g/mol. The number of carbonyl (C=O) groups excluding carboxylic acids is 1. The maximum Gasteiger partial charge on any atom is 0.354 e. The number of nitrogens with zero attached hydrogens (tertiary/aromatic N) is 2. The Morgan fingerprint density at radius 1 is 1.29 bits per heavy atom. The molecule has 0 spiro atoms. The first-order valence-electron chi connectivity index (χ1n) is 12.5. The molecule has 3 heterocycles. The summed E-state index contributed by atoms with van der Waals surface area (Å²) in [4.78, 5) is 29.4. The molecule has 0 aliphatic carbocycles. The molecule has 1 aromatic rings. The number of carboxylic acid groups (broad SMARTS) is 1. The molecule has 6 nitrogen and oxygen atoms in total. The van der Waals surface area contributed by atoms with Crippen LogP contribution in [-0.2, 0) is 20.6 Å². The van der Waals surface area contributed by atoms with E-state index in [2.05, 4.69) is 70.0 Å². The van der Waals surface area contributed by atoms with E-state index in [9.17, 15) is 14.7 Å². The van der Waals surface area contributed by atoms with Crippen molar-refractivity contribution in [3.05, 3.63) is 45.8 Å². The molecule has 2 fully saturated rings. The predicted molar refractivity (Wildman–Crippen MR) is 146 cm³/mol. The summed E-state index contributed by atoms with van der Waals surface area (Å²) in [6.45, 7) is 15.9. The van der Waals surface area contributed by atoms with Crippen LogP contribution < -0.4 is 0 Å².